The smallest absolute Gasteiger partial charge is 0.169 e. The molecule has 1 unspecified atom stereocenters. The number of nitrogen functional groups attached to an aromatic ring is 2. The number of nitrogens with two attached hydrogens (primary N) is 2. The molecule has 1 rings (SSSR count). The van der Waals surface area contributed by atoms with Crippen molar-refractivity contribution in [2.24, 2.45) is 0 Å². The van der Waals surface area contributed by atoms with Gasteiger partial charge in [-0.2, -0.15) is 0 Å². The van der Waals surface area contributed by atoms with Gasteiger partial charge in [-0.25, -0.2) is 4.39 Å². The van der Waals surface area contributed by atoms with E-state index in [9.17, 15) is 4.39 Å². The van der Waals surface area contributed by atoms with Crippen molar-refractivity contribution in [1.82, 2.24) is 0 Å². The first-order valence-electron chi connectivity index (χ1n) is 5.73. The van der Waals surface area contributed by atoms with E-state index in [4.69, 9.17) is 23.1 Å². The highest BCUT2D eigenvalue weighted by Crippen LogP contribution is 2.37. The Morgan fingerprint density at radius 3 is 2.41 bits per heavy atom. The summed E-state index contributed by atoms with van der Waals surface area (Å²) in [5.41, 5.74) is 12.3. The van der Waals surface area contributed by atoms with Crippen LogP contribution >= 0.6 is 11.6 Å². The fourth-order valence-corrected chi connectivity index (χ4v) is 2.00. The highest BCUT2D eigenvalue weighted by atomic mass is 35.5. The molecule has 4 N–H and O–H groups in total. The van der Waals surface area contributed by atoms with E-state index < -0.39 is 5.82 Å². The van der Waals surface area contributed by atoms with Crippen LogP contribution in [-0.4, -0.2) is 12.6 Å². The molecule has 1 atom stereocenters. The monoisotopic (exact) mass is 259 g/mol. The molecule has 0 bridgehead atoms. The maximum atomic E-state index is 14.1. The van der Waals surface area contributed by atoms with Gasteiger partial charge in [0.15, 0.2) is 5.82 Å². The maximum absolute atomic E-state index is 14.1. The molecule has 96 valence electrons. The van der Waals surface area contributed by atoms with Gasteiger partial charge in [0.25, 0.3) is 0 Å². The Morgan fingerprint density at radius 2 is 1.94 bits per heavy atom. The van der Waals surface area contributed by atoms with Gasteiger partial charge in [-0.1, -0.05) is 18.5 Å². The molecule has 0 aromatic heterocycles. The maximum Gasteiger partial charge on any atom is 0.169 e. The molecule has 0 aliphatic rings. The van der Waals surface area contributed by atoms with Crippen molar-refractivity contribution in [2.45, 2.75) is 33.2 Å². The molecular weight excluding hydrogens is 241 g/mol. The zero-order valence-electron chi connectivity index (χ0n) is 10.4. The molecule has 0 radical (unpaired) electrons. The highest BCUT2D eigenvalue weighted by molar-refractivity contribution is 6.33. The van der Waals surface area contributed by atoms with Crippen LogP contribution in [0.5, 0.6) is 0 Å². The second-order valence-corrected chi connectivity index (χ2v) is 4.45. The summed E-state index contributed by atoms with van der Waals surface area (Å²) < 4.78 is 14.1. The third-order valence-electron chi connectivity index (χ3n) is 2.99. The standard InChI is InChI=1S/C12H19ClFN3/c1-4-7(3)17(5-2)12-9(16)6-8(15)10(13)11(12)14/h6-7H,4-5,15-16H2,1-3H3. The summed E-state index contributed by atoms with van der Waals surface area (Å²) in [5, 5.41) is -0.0593. The van der Waals surface area contributed by atoms with Gasteiger partial charge in [-0.05, 0) is 26.3 Å². The van der Waals surface area contributed by atoms with E-state index in [0.29, 0.717) is 17.9 Å². The summed E-state index contributed by atoms with van der Waals surface area (Å²) in [4.78, 5) is 1.90. The number of rotatable bonds is 4. The minimum absolute atomic E-state index is 0.0593. The van der Waals surface area contributed by atoms with Crippen molar-refractivity contribution in [1.29, 1.82) is 0 Å². The van der Waals surface area contributed by atoms with Crippen molar-refractivity contribution >= 4 is 28.7 Å². The summed E-state index contributed by atoms with van der Waals surface area (Å²) in [6, 6.07) is 1.70. The lowest BCUT2D eigenvalue weighted by Gasteiger charge is -2.31. The van der Waals surface area contributed by atoms with Crippen LogP contribution in [0.15, 0.2) is 6.07 Å². The molecule has 0 spiro atoms. The van der Waals surface area contributed by atoms with Crippen LogP contribution in [-0.2, 0) is 0 Å². The summed E-state index contributed by atoms with van der Waals surface area (Å²) in [5.74, 6) is -0.536. The fraction of sp³-hybridized carbons (Fsp3) is 0.500. The lowest BCUT2D eigenvalue weighted by atomic mass is 10.1. The predicted octanol–water partition coefficient (Wildman–Crippen LogP) is 3.27. The second kappa shape index (κ2) is 5.45. The lowest BCUT2D eigenvalue weighted by molar-refractivity contribution is 0.585. The molecular formula is C12H19ClFN3. The van der Waals surface area contributed by atoms with Gasteiger partial charge in [0.05, 0.1) is 17.1 Å². The number of halogens is 2. The Hall–Kier alpha value is -1.16. The largest absolute Gasteiger partial charge is 0.397 e. The van der Waals surface area contributed by atoms with Crippen LogP contribution in [0.25, 0.3) is 0 Å². The highest BCUT2D eigenvalue weighted by Gasteiger charge is 2.21. The van der Waals surface area contributed by atoms with Gasteiger partial charge in [0.1, 0.15) is 5.02 Å². The summed E-state index contributed by atoms with van der Waals surface area (Å²) >= 11 is 5.82. The molecule has 0 heterocycles. The van der Waals surface area contributed by atoms with E-state index in [-0.39, 0.29) is 16.8 Å². The molecule has 1 aromatic rings. The first-order valence-corrected chi connectivity index (χ1v) is 6.11. The van der Waals surface area contributed by atoms with Gasteiger partial charge < -0.3 is 16.4 Å². The van der Waals surface area contributed by atoms with Crippen molar-refractivity contribution in [3.8, 4) is 0 Å². The molecule has 0 saturated carbocycles. The minimum atomic E-state index is -0.536. The van der Waals surface area contributed by atoms with Crippen molar-refractivity contribution in [3.05, 3.63) is 16.9 Å². The third-order valence-corrected chi connectivity index (χ3v) is 3.37. The number of anilines is 3. The van der Waals surface area contributed by atoms with Gasteiger partial charge in [0, 0.05) is 12.6 Å². The topological polar surface area (TPSA) is 55.3 Å². The van der Waals surface area contributed by atoms with Gasteiger partial charge in [0.2, 0.25) is 0 Å². The van der Waals surface area contributed by atoms with Crippen LogP contribution in [0.3, 0.4) is 0 Å². The second-order valence-electron chi connectivity index (χ2n) is 4.07. The molecule has 3 nitrogen and oxygen atoms in total. The van der Waals surface area contributed by atoms with Crippen LogP contribution in [0, 0.1) is 5.82 Å². The van der Waals surface area contributed by atoms with E-state index in [1.165, 1.54) is 6.07 Å². The summed E-state index contributed by atoms with van der Waals surface area (Å²) in [6.45, 7) is 6.68. The Labute approximate surface area is 107 Å². The molecule has 17 heavy (non-hydrogen) atoms. The Morgan fingerprint density at radius 1 is 1.35 bits per heavy atom. The minimum Gasteiger partial charge on any atom is -0.397 e. The normalized spacial score (nSPS) is 12.5. The summed E-state index contributed by atoms with van der Waals surface area (Å²) in [6.07, 6.45) is 0.898. The molecule has 0 saturated heterocycles. The van der Waals surface area contributed by atoms with Crippen LogP contribution in [0.4, 0.5) is 21.5 Å². The number of nitrogens with zero attached hydrogens (tertiary/aromatic N) is 1. The predicted molar refractivity (Wildman–Crippen MR) is 73.0 cm³/mol. The average molecular weight is 260 g/mol. The van der Waals surface area contributed by atoms with E-state index in [1.54, 1.807) is 0 Å². The Balaban J connectivity index is 3.33. The van der Waals surface area contributed by atoms with Crippen LogP contribution in [0.1, 0.15) is 27.2 Å². The first kappa shape index (κ1) is 13.9. The lowest BCUT2D eigenvalue weighted by Crippen LogP contribution is -2.33. The fourth-order valence-electron chi connectivity index (χ4n) is 1.86. The summed E-state index contributed by atoms with van der Waals surface area (Å²) in [7, 11) is 0. The van der Waals surface area contributed by atoms with Gasteiger partial charge >= 0.3 is 0 Å². The molecule has 5 heteroatoms. The third kappa shape index (κ3) is 2.57. The zero-order valence-corrected chi connectivity index (χ0v) is 11.2. The van der Waals surface area contributed by atoms with E-state index in [2.05, 4.69) is 0 Å². The molecule has 0 fully saturated rings. The quantitative estimate of drug-likeness (QED) is 0.816. The van der Waals surface area contributed by atoms with Gasteiger partial charge in [-0.15, -0.1) is 0 Å². The first-order chi connectivity index (χ1) is 7.93. The average Bonchev–Trinajstić information content (AvgIpc) is 2.30. The van der Waals surface area contributed by atoms with Crippen LogP contribution in [0.2, 0.25) is 5.02 Å². The number of hydrogen-bond acceptors (Lipinski definition) is 3. The molecule has 1 aromatic carbocycles. The van der Waals surface area contributed by atoms with Gasteiger partial charge in [-0.3, -0.25) is 0 Å². The SMILES string of the molecule is CCC(C)N(CC)c1c(N)cc(N)c(Cl)c1F. The van der Waals surface area contributed by atoms with E-state index in [0.717, 1.165) is 6.42 Å². The van der Waals surface area contributed by atoms with E-state index in [1.807, 2.05) is 25.7 Å². The molecule has 0 amide bonds. The Bertz CT molecular complexity index is 409. The molecule has 0 aliphatic heterocycles. The number of benzene rings is 1. The zero-order chi connectivity index (χ0) is 13.2. The van der Waals surface area contributed by atoms with Crippen molar-refractivity contribution in [2.75, 3.05) is 22.9 Å². The van der Waals surface area contributed by atoms with E-state index >= 15 is 0 Å². The molecule has 0 aliphatic carbocycles. The Kier molecular flexibility index (Phi) is 4.46. The van der Waals surface area contributed by atoms with Crippen molar-refractivity contribution < 1.29 is 4.39 Å². The van der Waals surface area contributed by atoms with Crippen LogP contribution < -0.4 is 16.4 Å². The number of hydrogen-bond donors (Lipinski definition) is 2. The van der Waals surface area contributed by atoms with Crippen molar-refractivity contribution in [3.63, 3.8) is 0 Å².